The van der Waals surface area contributed by atoms with Crippen molar-refractivity contribution in [1.82, 2.24) is 9.71 Å². The predicted octanol–water partition coefficient (Wildman–Crippen LogP) is 2.96. The number of pyridine rings is 1. The Morgan fingerprint density at radius 3 is 2.59 bits per heavy atom. The summed E-state index contributed by atoms with van der Waals surface area (Å²) in [7, 11) is -4.02. The molecule has 0 radical (unpaired) electrons. The lowest BCUT2D eigenvalue weighted by Crippen LogP contribution is -2.28. The minimum atomic E-state index is -4.02. The normalized spacial score (nSPS) is 11.0. The molecule has 6 nitrogen and oxygen atoms in total. The van der Waals surface area contributed by atoms with Crippen LogP contribution in [0.2, 0.25) is 10.0 Å². The van der Waals surface area contributed by atoms with Crippen LogP contribution in [0.5, 0.6) is 0 Å². The van der Waals surface area contributed by atoms with Gasteiger partial charge in [0.05, 0.1) is 10.7 Å². The fourth-order valence-corrected chi connectivity index (χ4v) is 3.22. The van der Waals surface area contributed by atoms with Gasteiger partial charge in [-0.05, 0) is 30.3 Å². The summed E-state index contributed by atoms with van der Waals surface area (Å²) in [5, 5.41) is 3.57. The maximum Gasteiger partial charge on any atom is 0.267 e. The second-order valence-electron chi connectivity index (χ2n) is 4.26. The summed E-state index contributed by atoms with van der Waals surface area (Å²) < 4.78 is 26.1. The first kappa shape index (κ1) is 16.5. The van der Waals surface area contributed by atoms with Crippen molar-refractivity contribution >= 4 is 50.6 Å². The van der Waals surface area contributed by atoms with Crippen molar-refractivity contribution in [2.45, 2.75) is 11.8 Å². The first-order chi connectivity index (χ1) is 10.3. The molecular formula is C13H11Cl2N3O3S. The summed E-state index contributed by atoms with van der Waals surface area (Å²) in [6, 6.07) is 7.47. The van der Waals surface area contributed by atoms with Crippen molar-refractivity contribution in [3.8, 4) is 0 Å². The molecule has 0 spiro atoms. The van der Waals surface area contributed by atoms with Crippen LogP contribution in [0.3, 0.4) is 0 Å². The largest absolute Gasteiger partial charge is 0.338 e. The molecule has 0 saturated heterocycles. The van der Waals surface area contributed by atoms with Gasteiger partial charge in [-0.1, -0.05) is 23.2 Å². The molecule has 0 fully saturated rings. The average Bonchev–Trinajstić information content (AvgIpc) is 2.41. The number of hydrogen-bond donors (Lipinski definition) is 2. The van der Waals surface area contributed by atoms with Crippen LogP contribution >= 0.6 is 23.2 Å². The Hall–Kier alpha value is -1.83. The summed E-state index contributed by atoms with van der Waals surface area (Å²) in [6.45, 7) is 1.11. The van der Waals surface area contributed by atoms with Gasteiger partial charge in [-0.3, -0.25) is 4.79 Å². The van der Waals surface area contributed by atoms with Crippen LogP contribution in [0.25, 0.3) is 0 Å². The van der Waals surface area contributed by atoms with E-state index in [9.17, 15) is 13.2 Å². The minimum absolute atomic E-state index is 0.0421. The number of carbonyl (C=O) groups excluding carboxylic acids is 1. The highest BCUT2D eigenvalue weighted by molar-refractivity contribution is 7.90. The molecule has 1 amide bonds. The van der Waals surface area contributed by atoms with Crippen LogP contribution in [-0.4, -0.2) is 19.3 Å². The Morgan fingerprint density at radius 2 is 1.95 bits per heavy atom. The number of anilines is 2. The highest BCUT2D eigenvalue weighted by Gasteiger charge is 2.21. The molecular weight excluding hydrogens is 349 g/mol. The minimum Gasteiger partial charge on any atom is -0.338 e. The number of nitrogens with one attached hydrogen (secondary N) is 2. The van der Waals surface area contributed by atoms with E-state index in [2.05, 4.69) is 10.3 Å². The number of halogens is 2. The first-order valence-corrected chi connectivity index (χ1v) is 8.24. The molecule has 0 atom stereocenters. The van der Waals surface area contributed by atoms with Crippen molar-refractivity contribution < 1.29 is 13.2 Å². The van der Waals surface area contributed by atoms with Gasteiger partial charge in [0.1, 0.15) is 4.90 Å². The molecule has 2 N–H and O–H groups in total. The number of benzene rings is 1. The maximum atomic E-state index is 12.1. The number of amides is 1. The second-order valence-corrected chi connectivity index (χ2v) is 6.76. The number of sulfonamides is 1. The van der Waals surface area contributed by atoms with E-state index < -0.39 is 15.9 Å². The monoisotopic (exact) mass is 359 g/mol. The molecule has 0 saturated carbocycles. The predicted molar refractivity (Wildman–Crippen MR) is 85.0 cm³/mol. The molecule has 0 aliphatic heterocycles. The molecule has 0 unspecified atom stereocenters. The van der Waals surface area contributed by atoms with E-state index in [1.54, 1.807) is 12.1 Å². The molecule has 0 bridgehead atoms. The standard InChI is InChI=1S/C13H11Cl2N3O3S/c1-8(19)18-22(20,21)12-3-2-6-16-13(12)17-11-5-4-9(14)7-10(11)15/h2-7H,1H3,(H,16,17)(H,18,19). The highest BCUT2D eigenvalue weighted by atomic mass is 35.5. The molecule has 1 aromatic heterocycles. The number of rotatable bonds is 4. The summed E-state index contributed by atoms with van der Waals surface area (Å²) in [5.41, 5.74) is 0.434. The zero-order chi connectivity index (χ0) is 16.3. The Kier molecular flexibility index (Phi) is 4.90. The Bertz CT molecular complexity index is 825. The Labute approximate surface area is 137 Å². The van der Waals surface area contributed by atoms with E-state index in [4.69, 9.17) is 23.2 Å². The molecule has 116 valence electrons. The van der Waals surface area contributed by atoms with Crippen molar-refractivity contribution in [1.29, 1.82) is 0 Å². The highest BCUT2D eigenvalue weighted by Crippen LogP contribution is 2.29. The van der Waals surface area contributed by atoms with Gasteiger partial charge in [0.2, 0.25) is 5.91 Å². The fourth-order valence-electron chi connectivity index (χ4n) is 1.66. The molecule has 9 heteroatoms. The van der Waals surface area contributed by atoms with E-state index in [0.29, 0.717) is 15.7 Å². The second kappa shape index (κ2) is 6.51. The first-order valence-electron chi connectivity index (χ1n) is 6.00. The van der Waals surface area contributed by atoms with Crippen LogP contribution in [0.4, 0.5) is 11.5 Å². The van der Waals surface area contributed by atoms with Crippen molar-refractivity contribution in [3.05, 3.63) is 46.6 Å². The van der Waals surface area contributed by atoms with Crippen LogP contribution in [0.15, 0.2) is 41.4 Å². The van der Waals surface area contributed by atoms with Gasteiger partial charge in [-0.25, -0.2) is 18.1 Å². The van der Waals surface area contributed by atoms with Crippen molar-refractivity contribution in [2.75, 3.05) is 5.32 Å². The molecule has 2 rings (SSSR count). The topological polar surface area (TPSA) is 88.2 Å². The number of nitrogens with zero attached hydrogens (tertiary/aromatic N) is 1. The molecule has 0 aliphatic carbocycles. The SMILES string of the molecule is CC(=O)NS(=O)(=O)c1cccnc1Nc1ccc(Cl)cc1Cl. The summed E-state index contributed by atoms with van der Waals surface area (Å²) in [5.74, 6) is -0.653. The van der Waals surface area contributed by atoms with Crippen molar-refractivity contribution in [2.24, 2.45) is 0 Å². The molecule has 1 aromatic carbocycles. The van der Waals surface area contributed by atoms with E-state index >= 15 is 0 Å². The molecule has 22 heavy (non-hydrogen) atoms. The van der Waals surface area contributed by atoms with Gasteiger partial charge < -0.3 is 5.32 Å². The van der Waals surface area contributed by atoms with Crippen LogP contribution in [0, 0.1) is 0 Å². The summed E-state index contributed by atoms with van der Waals surface area (Å²) in [6.07, 6.45) is 1.42. The maximum absolute atomic E-state index is 12.1. The van der Waals surface area contributed by atoms with Crippen LogP contribution < -0.4 is 10.0 Å². The third kappa shape index (κ3) is 3.88. The quantitative estimate of drug-likeness (QED) is 0.875. The van der Waals surface area contributed by atoms with Crippen LogP contribution in [-0.2, 0) is 14.8 Å². The molecule has 2 aromatic rings. The Morgan fingerprint density at radius 1 is 1.23 bits per heavy atom. The lowest BCUT2D eigenvalue weighted by atomic mass is 10.3. The third-order valence-corrected chi connectivity index (χ3v) is 4.53. The van der Waals surface area contributed by atoms with Crippen LogP contribution in [0.1, 0.15) is 6.92 Å². The average molecular weight is 360 g/mol. The third-order valence-electron chi connectivity index (χ3n) is 2.52. The summed E-state index contributed by atoms with van der Waals surface area (Å²) in [4.78, 5) is 14.8. The van der Waals surface area contributed by atoms with E-state index in [1.807, 2.05) is 4.72 Å². The number of carbonyl (C=O) groups is 1. The number of aromatic nitrogens is 1. The van der Waals surface area contributed by atoms with E-state index in [1.165, 1.54) is 24.4 Å². The van der Waals surface area contributed by atoms with Gasteiger partial charge in [0.25, 0.3) is 10.0 Å². The van der Waals surface area contributed by atoms with Gasteiger partial charge >= 0.3 is 0 Å². The zero-order valence-electron chi connectivity index (χ0n) is 11.3. The molecule has 0 aliphatic rings. The van der Waals surface area contributed by atoms with Gasteiger partial charge in [0, 0.05) is 18.1 Å². The van der Waals surface area contributed by atoms with Gasteiger partial charge in [-0.15, -0.1) is 0 Å². The smallest absolute Gasteiger partial charge is 0.267 e. The van der Waals surface area contributed by atoms with Gasteiger partial charge in [0.15, 0.2) is 5.82 Å². The van der Waals surface area contributed by atoms with Gasteiger partial charge in [-0.2, -0.15) is 0 Å². The zero-order valence-corrected chi connectivity index (χ0v) is 13.6. The van der Waals surface area contributed by atoms with E-state index in [-0.39, 0.29) is 10.7 Å². The lowest BCUT2D eigenvalue weighted by Gasteiger charge is -2.12. The summed E-state index contributed by atoms with van der Waals surface area (Å²) >= 11 is 11.8. The molecule has 1 heterocycles. The lowest BCUT2D eigenvalue weighted by molar-refractivity contribution is -0.117. The van der Waals surface area contributed by atoms with Crippen molar-refractivity contribution in [3.63, 3.8) is 0 Å². The number of hydrogen-bond acceptors (Lipinski definition) is 5. The fraction of sp³-hybridized carbons (Fsp3) is 0.0769. The van der Waals surface area contributed by atoms with E-state index in [0.717, 1.165) is 6.92 Å². The Balaban J connectivity index is 2.43.